The number of benzene rings is 2. The Balaban J connectivity index is 1.89. The van der Waals surface area contributed by atoms with Gasteiger partial charge in [0.2, 0.25) is 0 Å². The molecule has 0 aromatic heterocycles. The molecular weight excluding hydrogens is 309 g/mol. The molecule has 4 heteroatoms. The smallest absolute Gasteiger partial charge is 0.143 e. The first-order valence-corrected chi connectivity index (χ1v) is 6.88. The van der Waals surface area contributed by atoms with Gasteiger partial charge in [0.25, 0.3) is 0 Å². The molecule has 0 saturated heterocycles. The summed E-state index contributed by atoms with van der Waals surface area (Å²) in [6.07, 6.45) is 0. The highest BCUT2D eigenvalue weighted by molar-refractivity contribution is 9.10. The normalized spacial score (nSPS) is 17.3. The van der Waals surface area contributed by atoms with Crippen LogP contribution in [-0.2, 0) is 0 Å². The van der Waals surface area contributed by atoms with Crippen molar-refractivity contribution in [2.45, 2.75) is 13.0 Å². The molecule has 19 heavy (non-hydrogen) atoms. The van der Waals surface area contributed by atoms with E-state index in [9.17, 15) is 4.39 Å². The van der Waals surface area contributed by atoms with E-state index in [0.717, 1.165) is 21.5 Å². The van der Waals surface area contributed by atoms with E-state index in [1.807, 2.05) is 24.3 Å². The molecule has 1 aliphatic rings. The second-order valence-corrected chi connectivity index (χ2v) is 5.57. The highest BCUT2D eigenvalue weighted by Crippen LogP contribution is 2.35. The predicted molar refractivity (Wildman–Crippen MR) is 77.1 cm³/mol. The van der Waals surface area contributed by atoms with Crippen LogP contribution in [0.1, 0.15) is 17.2 Å². The first-order chi connectivity index (χ1) is 9.13. The lowest BCUT2D eigenvalue weighted by Crippen LogP contribution is -2.24. The zero-order valence-corrected chi connectivity index (χ0v) is 12.0. The number of aryl methyl sites for hydroxylation is 1. The minimum Gasteiger partial charge on any atom is -0.489 e. The van der Waals surface area contributed by atoms with Crippen LogP contribution in [0.2, 0.25) is 0 Å². The van der Waals surface area contributed by atoms with E-state index in [0.29, 0.717) is 12.2 Å². The third-order valence-corrected chi connectivity index (χ3v) is 3.76. The second-order valence-electron chi connectivity index (χ2n) is 4.66. The van der Waals surface area contributed by atoms with Gasteiger partial charge in [0.05, 0.1) is 11.7 Å². The van der Waals surface area contributed by atoms with Gasteiger partial charge in [-0.15, -0.1) is 0 Å². The Morgan fingerprint density at radius 1 is 1.26 bits per heavy atom. The van der Waals surface area contributed by atoms with Crippen molar-refractivity contribution in [2.24, 2.45) is 0 Å². The summed E-state index contributed by atoms with van der Waals surface area (Å²) in [5.74, 6) is 0.661. The fraction of sp³-hybridized carbons (Fsp3) is 0.200. The molecule has 1 aliphatic heterocycles. The molecule has 3 rings (SSSR count). The van der Waals surface area contributed by atoms with Gasteiger partial charge in [0.15, 0.2) is 0 Å². The lowest BCUT2D eigenvalue weighted by Gasteiger charge is -2.28. The van der Waals surface area contributed by atoms with Crippen molar-refractivity contribution in [2.75, 3.05) is 11.9 Å². The molecule has 0 radical (unpaired) electrons. The third-order valence-electron chi connectivity index (χ3n) is 3.26. The molecule has 2 aromatic rings. The topological polar surface area (TPSA) is 21.3 Å². The van der Waals surface area contributed by atoms with Crippen LogP contribution in [0.25, 0.3) is 0 Å². The van der Waals surface area contributed by atoms with Crippen LogP contribution in [0.4, 0.5) is 10.1 Å². The number of anilines is 1. The average Bonchev–Trinajstić information content (AvgIpc) is 2.41. The Morgan fingerprint density at radius 2 is 2.11 bits per heavy atom. The molecule has 0 spiro atoms. The van der Waals surface area contributed by atoms with Crippen LogP contribution in [0.15, 0.2) is 40.9 Å². The zero-order valence-electron chi connectivity index (χ0n) is 10.4. The van der Waals surface area contributed by atoms with Gasteiger partial charge in [0, 0.05) is 4.47 Å². The predicted octanol–water partition coefficient (Wildman–Crippen LogP) is 4.44. The first kappa shape index (κ1) is 12.5. The van der Waals surface area contributed by atoms with Gasteiger partial charge in [-0.05, 0) is 42.3 Å². The molecule has 1 heterocycles. The lowest BCUT2D eigenvalue weighted by molar-refractivity contribution is 0.286. The van der Waals surface area contributed by atoms with E-state index in [4.69, 9.17) is 4.74 Å². The summed E-state index contributed by atoms with van der Waals surface area (Å²) < 4.78 is 20.0. The molecule has 1 atom stereocenters. The van der Waals surface area contributed by atoms with Gasteiger partial charge < -0.3 is 10.1 Å². The van der Waals surface area contributed by atoms with Gasteiger partial charge >= 0.3 is 0 Å². The minimum absolute atomic E-state index is 0.0491. The Morgan fingerprint density at radius 3 is 2.89 bits per heavy atom. The lowest BCUT2D eigenvalue weighted by atomic mass is 10.0. The second kappa shape index (κ2) is 4.85. The number of rotatable bonds is 1. The van der Waals surface area contributed by atoms with Crippen LogP contribution in [0.5, 0.6) is 5.75 Å². The van der Waals surface area contributed by atoms with Crippen molar-refractivity contribution in [3.63, 3.8) is 0 Å². The quantitative estimate of drug-likeness (QED) is 0.838. The van der Waals surface area contributed by atoms with E-state index in [-0.39, 0.29) is 11.9 Å². The largest absolute Gasteiger partial charge is 0.489 e. The van der Waals surface area contributed by atoms with Crippen molar-refractivity contribution in [1.82, 2.24) is 0 Å². The summed E-state index contributed by atoms with van der Waals surface area (Å²) in [6.45, 7) is 2.31. The molecule has 0 bridgehead atoms. The fourth-order valence-electron chi connectivity index (χ4n) is 2.20. The van der Waals surface area contributed by atoms with E-state index in [1.54, 1.807) is 13.0 Å². The fourth-order valence-corrected chi connectivity index (χ4v) is 2.54. The van der Waals surface area contributed by atoms with E-state index in [2.05, 4.69) is 21.2 Å². The molecule has 98 valence electrons. The van der Waals surface area contributed by atoms with Crippen LogP contribution >= 0.6 is 15.9 Å². The first-order valence-electron chi connectivity index (χ1n) is 6.08. The van der Waals surface area contributed by atoms with Crippen molar-refractivity contribution in [1.29, 1.82) is 0 Å². The molecule has 1 unspecified atom stereocenters. The number of fused-ring (bicyclic) bond motifs is 1. The van der Waals surface area contributed by atoms with Gasteiger partial charge in [-0.2, -0.15) is 0 Å². The number of ether oxygens (including phenoxy) is 1. The highest BCUT2D eigenvalue weighted by Gasteiger charge is 2.20. The summed E-state index contributed by atoms with van der Waals surface area (Å²) in [5.41, 5.74) is 2.65. The minimum atomic E-state index is -0.176. The summed E-state index contributed by atoms with van der Waals surface area (Å²) >= 11 is 3.42. The summed E-state index contributed by atoms with van der Waals surface area (Å²) in [5, 5.41) is 3.42. The molecule has 2 aromatic carbocycles. The summed E-state index contributed by atoms with van der Waals surface area (Å²) in [6, 6.07) is 11.1. The van der Waals surface area contributed by atoms with E-state index < -0.39 is 0 Å². The van der Waals surface area contributed by atoms with Gasteiger partial charge in [-0.1, -0.05) is 28.1 Å². The van der Waals surface area contributed by atoms with E-state index >= 15 is 0 Å². The van der Waals surface area contributed by atoms with Crippen LogP contribution < -0.4 is 10.1 Å². The summed E-state index contributed by atoms with van der Waals surface area (Å²) in [7, 11) is 0. The average molecular weight is 322 g/mol. The van der Waals surface area contributed by atoms with Gasteiger partial charge in [0.1, 0.15) is 18.2 Å². The zero-order chi connectivity index (χ0) is 13.4. The maximum atomic E-state index is 13.3. The molecule has 2 nitrogen and oxygen atoms in total. The SMILES string of the molecule is Cc1cc(C2COc3cc(Br)ccc3N2)ccc1F. The highest BCUT2D eigenvalue weighted by atomic mass is 79.9. The molecule has 0 fully saturated rings. The maximum Gasteiger partial charge on any atom is 0.143 e. The monoisotopic (exact) mass is 321 g/mol. The molecule has 0 aliphatic carbocycles. The Labute approximate surface area is 119 Å². The van der Waals surface area contributed by atoms with Crippen molar-refractivity contribution in [3.8, 4) is 5.75 Å². The molecule has 0 amide bonds. The van der Waals surface area contributed by atoms with Crippen molar-refractivity contribution in [3.05, 3.63) is 57.8 Å². The Hall–Kier alpha value is -1.55. The Kier molecular flexibility index (Phi) is 3.19. The number of nitrogens with one attached hydrogen (secondary N) is 1. The van der Waals surface area contributed by atoms with Gasteiger partial charge in [-0.3, -0.25) is 0 Å². The van der Waals surface area contributed by atoms with Crippen molar-refractivity contribution >= 4 is 21.6 Å². The van der Waals surface area contributed by atoms with Crippen molar-refractivity contribution < 1.29 is 9.13 Å². The third kappa shape index (κ3) is 2.45. The number of hydrogen-bond acceptors (Lipinski definition) is 2. The molecule has 0 saturated carbocycles. The molecule has 1 N–H and O–H groups in total. The Bertz CT molecular complexity index is 630. The maximum absolute atomic E-state index is 13.3. The van der Waals surface area contributed by atoms with Gasteiger partial charge in [-0.25, -0.2) is 4.39 Å². The number of halogens is 2. The standard InChI is InChI=1S/C15H13BrFNO/c1-9-6-10(2-4-12(9)17)14-8-19-15-7-11(16)3-5-13(15)18-14/h2-7,14,18H,8H2,1H3. The van der Waals surface area contributed by atoms with Crippen LogP contribution in [0.3, 0.4) is 0 Å². The molecular formula is C15H13BrFNO. The van der Waals surface area contributed by atoms with Crippen LogP contribution in [-0.4, -0.2) is 6.61 Å². The van der Waals surface area contributed by atoms with E-state index in [1.165, 1.54) is 6.07 Å². The number of hydrogen-bond donors (Lipinski definition) is 1. The van der Waals surface area contributed by atoms with Crippen LogP contribution in [0, 0.1) is 12.7 Å². The summed E-state index contributed by atoms with van der Waals surface area (Å²) in [4.78, 5) is 0.